The molecule has 0 amide bonds. The fourth-order valence-electron chi connectivity index (χ4n) is 7.90. The number of fused-ring (bicyclic) bond motifs is 2. The van der Waals surface area contributed by atoms with Crippen LogP contribution >= 0.6 is 0 Å². The minimum absolute atomic E-state index is 0.0304. The Morgan fingerprint density at radius 2 is 0.627 bits per heavy atom. The third-order valence-corrected chi connectivity index (χ3v) is 12.8. The predicted molar refractivity (Wildman–Crippen MR) is 212 cm³/mol. The lowest BCUT2D eigenvalue weighted by molar-refractivity contribution is 0.259. The Morgan fingerprint density at radius 3 is 0.843 bits per heavy atom. The summed E-state index contributed by atoms with van der Waals surface area (Å²) < 4.78 is 28.3. The SMILES string of the molecule is COc1c2cc(C(C)(C)C)cc1Cc1cc(C(C)(C)C)cc3c1O[Si]1(C)Oc4c(cc(C(C)(C)C)cc4Cc4cc(C(C)(C)C)cc(c4O1)C3)C2. The number of benzene rings is 4. The van der Waals surface area contributed by atoms with Gasteiger partial charge in [-0.2, -0.15) is 0 Å². The molecule has 0 fully saturated rings. The van der Waals surface area contributed by atoms with Crippen LogP contribution in [0.5, 0.6) is 23.0 Å². The van der Waals surface area contributed by atoms with Crippen molar-refractivity contribution in [3.63, 3.8) is 0 Å². The Kier molecular flexibility index (Phi) is 8.15. The predicted octanol–water partition coefficient (Wildman–Crippen LogP) is 11.3. The quantitative estimate of drug-likeness (QED) is 0.163. The van der Waals surface area contributed by atoms with E-state index in [0.717, 1.165) is 34.1 Å². The van der Waals surface area contributed by atoms with E-state index in [4.69, 9.17) is 18.0 Å². The molecule has 4 nitrogen and oxygen atoms in total. The van der Waals surface area contributed by atoms with E-state index in [1.807, 2.05) is 7.11 Å². The first-order valence-electron chi connectivity index (χ1n) is 18.8. The summed E-state index contributed by atoms with van der Waals surface area (Å²) in [5.74, 6) is 3.67. The lowest BCUT2D eigenvalue weighted by Gasteiger charge is -2.38. The Bertz CT molecular complexity index is 1940. The van der Waals surface area contributed by atoms with Gasteiger partial charge < -0.3 is 18.0 Å². The van der Waals surface area contributed by atoms with E-state index in [1.54, 1.807) is 0 Å². The highest BCUT2D eigenvalue weighted by atomic mass is 28.4. The maximum Gasteiger partial charge on any atom is 0.696 e. The van der Waals surface area contributed by atoms with Crippen molar-refractivity contribution in [3.8, 4) is 23.0 Å². The lowest BCUT2D eigenvalue weighted by Crippen LogP contribution is -2.54. The number of hydrogen-bond donors (Lipinski definition) is 0. The fraction of sp³-hybridized carbons (Fsp3) is 0.478. The lowest BCUT2D eigenvalue weighted by atomic mass is 9.79. The monoisotopic (exact) mass is 702 g/mol. The van der Waals surface area contributed by atoms with Gasteiger partial charge in [-0.1, -0.05) is 132 Å². The van der Waals surface area contributed by atoms with E-state index >= 15 is 0 Å². The first-order valence-corrected chi connectivity index (χ1v) is 21.0. The molecular weight excluding hydrogens is 645 g/mol. The summed E-state index contributed by atoms with van der Waals surface area (Å²) in [5, 5.41) is 0. The molecule has 7 rings (SSSR count). The van der Waals surface area contributed by atoms with Gasteiger partial charge in [0.15, 0.2) is 0 Å². The molecule has 270 valence electrons. The van der Waals surface area contributed by atoms with Crippen LogP contribution in [0.3, 0.4) is 0 Å². The largest absolute Gasteiger partial charge is 0.696 e. The Balaban J connectivity index is 1.65. The molecule has 0 aliphatic carbocycles. The van der Waals surface area contributed by atoms with E-state index < -0.39 is 8.80 Å². The topological polar surface area (TPSA) is 36.9 Å². The van der Waals surface area contributed by atoms with Crippen molar-refractivity contribution in [1.29, 1.82) is 0 Å². The molecular formula is C46H58O4Si. The van der Waals surface area contributed by atoms with Gasteiger partial charge in [-0.3, -0.25) is 0 Å². The van der Waals surface area contributed by atoms with Crippen molar-refractivity contribution < 1.29 is 18.0 Å². The Labute approximate surface area is 308 Å². The highest BCUT2D eigenvalue weighted by Gasteiger charge is 2.48. The van der Waals surface area contributed by atoms with Gasteiger partial charge in [-0.25, -0.2) is 0 Å². The van der Waals surface area contributed by atoms with E-state index in [-0.39, 0.29) is 21.7 Å². The van der Waals surface area contributed by atoms with Crippen molar-refractivity contribution in [2.45, 2.75) is 137 Å². The number of hydrogen-bond acceptors (Lipinski definition) is 4. The molecule has 6 bridgehead atoms. The van der Waals surface area contributed by atoms with Gasteiger partial charge in [0.1, 0.15) is 23.0 Å². The summed E-state index contributed by atoms with van der Waals surface area (Å²) in [4.78, 5) is 0. The third-order valence-electron chi connectivity index (χ3n) is 11.0. The number of methoxy groups -OCH3 is 1. The summed E-state index contributed by atoms with van der Waals surface area (Å²) >= 11 is 0. The zero-order valence-electron chi connectivity index (χ0n) is 33.6. The maximum absolute atomic E-state index is 7.33. The van der Waals surface area contributed by atoms with Crippen LogP contribution in [-0.4, -0.2) is 15.9 Å². The van der Waals surface area contributed by atoms with Crippen molar-refractivity contribution in [3.05, 3.63) is 115 Å². The summed E-state index contributed by atoms with van der Waals surface area (Å²) in [6.07, 6.45) is 2.79. The molecule has 0 saturated heterocycles. The average molecular weight is 703 g/mol. The minimum atomic E-state index is -3.41. The molecule has 4 aromatic rings. The molecule has 4 aromatic carbocycles. The number of rotatable bonds is 1. The molecule has 0 unspecified atom stereocenters. The molecule has 0 saturated carbocycles. The molecule has 0 atom stereocenters. The molecule has 5 heteroatoms. The van der Waals surface area contributed by atoms with Crippen molar-refractivity contribution in [1.82, 2.24) is 0 Å². The fourth-order valence-corrected chi connectivity index (χ4v) is 9.92. The van der Waals surface area contributed by atoms with Crippen LogP contribution in [0.4, 0.5) is 0 Å². The van der Waals surface area contributed by atoms with Crippen LogP contribution in [0.2, 0.25) is 6.55 Å². The van der Waals surface area contributed by atoms with Crippen LogP contribution in [0.1, 0.15) is 150 Å². The van der Waals surface area contributed by atoms with Gasteiger partial charge >= 0.3 is 8.80 Å². The zero-order chi connectivity index (χ0) is 37.1. The van der Waals surface area contributed by atoms with Gasteiger partial charge in [0.25, 0.3) is 0 Å². The van der Waals surface area contributed by atoms with E-state index in [1.165, 1.54) is 55.6 Å². The van der Waals surface area contributed by atoms with Crippen molar-refractivity contribution in [2.24, 2.45) is 0 Å². The zero-order valence-corrected chi connectivity index (χ0v) is 34.6. The van der Waals surface area contributed by atoms with Gasteiger partial charge in [0.05, 0.1) is 7.11 Å². The molecule has 3 aliphatic rings. The first kappa shape index (κ1) is 35.7. The third kappa shape index (κ3) is 6.60. The molecule has 51 heavy (non-hydrogen) atoms. The smallest absolute Gasteiger partial charge is 0.496 e. The Hall–Kier alpha value is -3.70. The van der Waals surface area contributed by atoms with Gasteiger partial charge in [0, 0.05) is 32.2 Å². The molecule has 0 aromatic heterocycles. The van der Waals surface area contributed by atoms with Crippen molar-refractivity contribution in [2.75, 3.05) is 7.11 Å². The summed E-state index contributed by atoms with van der Waals surface area (Å²) in [6.45, 7) is 29.7. The summed E-state index contributed by atoms with van der Waals surface area (Å²) in [5.41, 5.74) is 14.5. The van der Waals surface area contributed by atoms with Gasteiger partial charge in [0.2, 0.25) is 0 Å². The molecule has 0 spiro atoms. The molecule has 3 aliphatic heterocycles. The van der Waals surface area contributed by atoms with E-state index in [2.05, 4.69) is 138 Å². The molecule has 3 heterocycles. The first-order chi connectivity index (χ1) is 23.5. The Morgan fingerprint density at radius 1 is 0.412 bits per heavy atom. The second kappa shape index (κ2) is 11.7. The van der Waals surface area contributed by atoms with Crippen molar-refractivity contribution >= 4 is 8.80 Å². The van der Waals surface area contributed by atoms with Crippen LogP contribution in [0, 0.1) is 0 Å². The highest BCUT2D eigenvalue weighted by molar-refractivity contribution is 6.61. The molecule has 0 N–H and O–H groups in total. The van der Waals surface area contributed by atoms with E-state index in [0.29, 0.717) is 25.7 Å². The normalized spacial score (nSPS) is 16.4. The average Bonchev–Trinajstić information content (AvgIpc) is 2.97. The van der Waals surface area contributed by atoms with Gasteiger partial charge in [-0.15, -0.1) is 0 Å². The van der Waals surface area contributed by atoms with Crippen LogP contribution in [0.15, 0.2) is 48.5 Å². The minimum Gasteiger partial charge on any atom is -0.496 e. The highest BCUT2D eigenvalue weighted by Crippen LogP contribution is 2.48. The number of ether oxygens (including phenoxy) is 1. The molecule has 0 radical (unpaired) electrons. The summed E-state index contributed by atoms with van der Waals surface area (Å²) in [6, 6.07) is 19.0. The van der Waals surface area contributed by atoms with Crippen LogP contribution < -0.4 is 18.0 Å². The second-order valence-electron chi connectivity index (χ2n) is 19.6. The maximum atomic E-state index is 7.33. The van der Waals surface area contributed by atoms with Gasteiger partial charge in [-0.05, 0) is 88.4 Å². The second-order valence-corrected chi connectivity index (χ2v) is 21.9. The summed E-state index contributed by atoms with van der Waals surface area (Å²) in [7, 11) is -1.59. The van der Waals surface area contributed by atoms with Crippen LogP contribution in [-0.2, 0) is 47.3 Å². The van der Waals surface area contributed by atoms with E-state index in [9.17, 15) is 0 Å². The standard InChI is InChI=1S/C46H58O4Si/c1-43(2,3)35-19-27-15-29-21-36(44(4,5)6)23-31-17-33-25-38(46(10,11)12)26-34-18-32-24-37(45(7,8)9)22-30(16-28(20-35)39(27)47-13)41(32)49-51(14,48-40(29)31)50-42(33)34/h19-26H,15-18H2,1-14H3. The van der Waals surface area contributed by atoms with Crippen LogP contribution in [0.25, 0.3) is 0 Å².